The molecule has 0 fully saturated rings. The summed E-state index contributed by atoms with van der Waals surface area (Å²) in [7, 11) is -3.82. The number of fused-ring (bicyclic) bond motifs is 1. The van der Waals surface area contributed by atoms with E-state index in [0.717, 1.165) is 10.9 Å². The fraction of sp³-hybridized carbons (Fsp3) is 0.0556. The predicted molar refractivity (Wildman–Crippen MR) is 90.9 cm³/mol. The van der Waals surface area contributed by atoms with Gasteiger partial charge >= 0.3 is 0 Å². The number of halogens is 1. The van der Waals surface area contributed by atoms with Gasteiger partial charge in [-0.1, -0.05) is 30.3 Å². The Labute approximate surface area is 138 Å². The topological polar surface area (TPSA) is 73.7 Å². The molecule has 4 nitrogen and oxygen atoms in total. The molecule has 0 unspecified atom stereocenters. The molecule has 2 aromatic carbocycles. The molecule has 3 aromatic rings. The van der Waals surface area contributed by atoms with Crippen molar-refractivity contribution in [2.45, 2.75) is 5.75 Å². The number of H-pyrrole nitrogens is 1. The number of nitrogens with one attached hydrogen (secondary N) is 1. The summed E-state index contributed by atoms with van der Waals surface area (Å²) in [4.78, 5) is 2.71. The lowest BCUT2D eigenvalue weighted by molar-refractivity contribution is 0.602. The largest absolute Gasteiger partial charge is 0.361 e. The van der Waals surface area contributed by atoms with Crippen molar-refractivity contribution in [3.63, 3.8) is 0 Å². The minimum atomic E-state index is -3.82. The van der Waals surface area contributed by atoms with Crippen molar-refractivity contribution in [1.29, 1.82) is 5.26 Å². The Bertz CT molecular complexity index is 1060. The molecule has 0 aliphatic rings. The predicted octanol–water partition coefficient (Wildman–Crippen LogP) is 3.79. The van der Waals surface area contributed by atoms with Crippen LogP contribution in [0.5, 0.6) is 0 Å². The van der Waals surface area contributed by atoms with Crippen LogP contribution in [-0.4, -0.2) is 13.4 Å². The smallest absolute Gasteiger partial charge is 0.192 e. The van der Waals surface area contributed by atoms with Crippen molar-refractivity contribution < 1.29 is 12.8 Å². The molecular weight excluding hydrogens is 327 g/mol. The maximum atomic E-state index is 12.9. The maximum absolute atomic E-state index is 12.9. The second kappa shape index (κ2) is 6.30. The first-order valence-electron chi connectivity index (χ1n) is 7.15. The number of hydrogen-bond donors (Lipinski definition) is 1. The number of hydrogen-bond acceptors (Lipinski definition) is 3. The van der Waals surface area contributed by atoms with Gasteiger partial charge in [0, 0.05) is 22.7 Å². The summed E-state index contributed by atoms with van der Waals surface area (Å²) in [6, 6.07) is 14.4. The van der Waals surface area contributed by atoms with Crippen molar-refractivity contribution >= 4 is 26.8 Å². The molecule has 120 valence electrons. The first-order valence-corrected chi connectivity index (χ1v) is 8.80. The van der Waals surface area contributed by atoms with E-state index in [0.29, 0.717) is 11.1 Å². The van der Waals surface area contributed by atoms with Gasteiger partial charge in [0.15, 0.2) is 9.84 Å². The lowest BCUT2D eigenvalue weighted by Crippen LogP contribution is -2.06. The highest BCUT2D eigenvalue weighted by Gasteiger charge is 2.19. The van der Waals surface area contributed by atoms with Crippen LogP contribution >= 0.6 is 0 Å². The van der Waals surface area contributed by atoms with Gasteiger partial charge in [-0.25, -0.2) is 12.8 Å². The number of nitriles is 1. The number of benzene rings is 2. The van der Waals surface area contributed by atoms with Crippen molar-refractivity contribution in [3.8, 4) is 6.07 Å². The third kappa shape index (κ3) is 3.21. The normalized spacial score (nSPS) is 12.2. The summed E-state index contributed by atoms with van der Waals surface area (Å²) < 4.78 is 37.9. The summed E-state index contributed by atoms with van der Waals surface area (Å²) in [5.41, 5.74) is 1.92. The Hall–Kier alpha value is -2.91. The molecule has 1 heterocycles. The quantitative estimate of drug-likeness (QED) is 0.734. The molecule has 1 N–H and O–H groups in total. The van der Waals surface area contributed by atoms with E-state index >= 15 is 0 Å². The zero-order chi connectivity index (χ0) is 17.2. The molecule has 3 rings (SSSR count). The number of aromatic amines is 1. The van der Waals surface area contributed by atoms with Crippen molar-refractivity contribution in [1.82, 2.24) is 4.98 Å². The van der Waals surface area contributed by atoms with Crippen LogP contribution < -0.4 is 0 Å². The van der Waals surface area contributed by atoms with Gasteiger partial charge in [-0.2, -0.15) is 5.26 Å². The Morgan fingerprint density at radius 3 is 2.58 bits per heavy atom. The molecule has 0 bridgehead atoms. The molecule has 0 saturated heterocycles. The van der Waals surface area contributed by atoms with E-state index in [9.17, 15) is 18.1 Å². The maximum Gasteiger partial charge on any atom is 0.192 e. The molecule has 1 aromatic heterocycles. The van der Waals surface area contributed by atoms with Gasteiger partial charge < -0.3 is 4.98 Å². The minimum absolute atomic E-state index is 0.323. The Morgan fingerprint density at radius 1 is 1.17 bits per heavy atom. The molecule has 0 aliphatic heterocycles. The molecule has 0 atom stereocenters. The average molecular weight is 340 g/mol. The Morgan fingerprint density at radius 2 is 1.88 bits per heavy atom. The summed E-state index contributed by atoms with van der Waals surface area (Å²) in [5.74, 6) is -0.791. The van der Waals surface area contributed by atoms with Crippen LogP contribution in [0, 0.1) is 17.1 Å². The second-order valence-corrected chi connectivity index (χ2v) is 7.25. The zero-order valence-electron chi connectivity index (χ0n) is 12.5. The van der Waals surface area contributed by atoms with E-state index in [-0.39, 0.29) is 10.7 Å². The number of para-hydroxylation sites is 1. The van der Waals surface area contributed by atoms with Gasteiger partial charge in [-0.15, -0.1) is 0 Å². The fourth-order valence-corrected chi connectivity index (χ4v) is 3.66. The SMILES string of the molecule is N#C/C(=C/c1c[nH]c2ccccc12)S(=O)(=O)Cc1ccc(F)cc1. The van der Waals surface area contributed by atoms with Gasteiger partial charge in [0.25, 0.3) is 0 Å². The zero-order valence-corrected chi connectivity index (χ0v) is 13.3. The fourth-order valence-electron chi connectivity index (χ4n) is 2.42. The first kappa shape index (κ1) is 16.0. The van der Waals surface area contributed by atoms with Gasteiger partial charge in [0.2, 0.25) is 0 Å². The highest BCUT2D eigenvalue weighted by molar-refractivity contribution is 7.95. The third-order valence-corrected chi connectivity index (χ3v) is 5.22. The monoisotopic (exact) mass is 340 g/mol. The van der Waals surface area contributed by atoms with Gasteiger partial charge in [0.05, 0.1) is 5.75 Å². The van der Waals surface area contributed by atoms with Crippen LogP contribution in [0.4, 0.5) is 4.39 Å². The molecule has 0 radical (unpaired) electrons. The van der Waals surface area contributed by atoms with Gasteiger partial charge in [0.1, 0.15) is 16.8 Å². The van der Waals surface area contributed by atoms with E-state index in [2.05, 4.69) is 4.98 Å². The highest BCUT2D eigenvalue weighted by atomic mass is 32.2. The molecular formula is C18H13FN2O2S. The van der Waals surface area contributed by atoms with Crippen molar-refractivity contribution in [2.24, 2.45) is 0 Å². The second-order valence-electron chi connectivity index (χ2n) is 5.30. The lowest BCUT2D eigenvalue weighted by atomic mass is 10.1. The first-order chi connectivity index (χ1) is 11.5. The summed E-state index contributed by atoms with van der Waals surface area (Å²) >= 11 is 0. The van der Waals surface area contributed by atoms with E-state index in [4.69, 9.17) is 0 Å². The van der Waals surface area contributed by atoms with Crippen LogP contribution in [0.15, 0.2) is 59.6 Å². The Balaban J connectivity index is 1.98. The van der Waals surface area contributed by atoms with Crippen LogP contribution in [-0.2, 0) is 15.6 Å². The van der Waals surface area contributed by atoms with Crippen LogP contribution in [0.2, 0.25) is 0 Å². The highest BCUT2D eigenvalue weighted by Crippen LogP contribution is 2.23. The minimum Gasteiger partial charge on any atom is -0.361 e. The molecule has 0 spiro atoms. The van der Waals surface area contributed by atoms with Crippen molar-refractivity contribution in [2.75, 3.05) is 0 Å². The van der Waals surface area contributed by atoms with E-state index in [1.54, 1.807) is 12.3 Å². The van der Waals surface area contributed by atoms with Crippen LogP contribution in [0.3, 0.4) is 0 Å². The van der Waals surface area contributed by atoms with Gasteiger partial charge in [-0.3, -0.25) is 0 Å². The standard InChI is InChI=1S/C18H13FN2O2S/c19-15-7-5-13(6-8-15)12-24(22,23)16(10-20)9-14-11-21-18-4-2-1-3-17(14)18/h1-9,11,21H,12H2/b16-9-. The van der Waals surface area contributed by atoms with E-state index in [1.165, 1.54) is 30.3 Å². The van der Waals surface area contributed by atoms with Gasteiger partial charge in [-0.05, 0) is 29.8 Å². The number of nitrogens with zero attached hydrogens (tertiary/aromatic N) is 1. The van der Waals surface area contributed by atoms with Crippen molar-refractivity contribution in [3.05, 3.63) is 76.6 Å². The van der Waals surface area contributed by atoms with Crippen LogP contribution in [0.1, 0.15) is 11.1 Å². The van der Waals surface area contributed by atoms with Crippen LogP contribution in [0.25, 0.3) is 17.0 Å². The number of rotatable bonds is 4. The molecule has 24 heavy (non-hydrogen) atoms. The molecule has 0 saturated carbocycles. The number of allylic oxidation sites excluding steroid dienone is 1. The number of sulfone groups is 1. The summed E-state index contributed by atoms with van der Waals surface area (Å²) in [6.45, 7) is 0. The molecule has 6 heteroatoms. The number of aromatic nitrogens is 1. The molecule has 0 amide bonds. The van der Waals surface area contributed by atoms with E-state index < -0.39 is 15.7 Å². The Kier molecular flexibility index (Phi) is 4.19. The lowest BCUT2D eigenvalue weighted by Gasteiger charge is -2.03. The molecule has 0 aliphatic carbocycles. The summed E-state index contributed by atoms with van der Waals surface area (Å²) in [6.07, 6.45) is 3.02. The average Bonchev–Trinajstić information content (AvgIpc) is 2.97. The third-order valence-electron chi connectivity index (χ3n) is 3.62. The summed E-state index contributed by atoms with van der Waals surface area (Å²) in [5, 5.41) is 10.1. The van der Waals surface area contributed by atoms with E-state index in [1.807, 2.05) is 24.3 Å².